The van der Waals surface area contributed by atoms with Crippen molar-refractivity contribution in [1.29, 1.82) is 0 Å². The van der Waals surface area contributed by atoms with E-state index in [0.717, 1.165) is 18.5 Å². The molecule has 0 fully saturated rings. The highest BCUT2D eigenvalue weighted by molar-refractivity contribution is 6.30. The largest absolute Gasteiger partial charge is 0.484 e. The number of amides is 1. The zero-order valence-corrected chi connectivity index (χ0v) is 18.7. The molecule has 5 nitrogen and oxygen atoms in total. The minimum Gasteiger partial charge on any atom is -0.484 e. The van der Waals surface area contributed by atoms with E-state index in [1.54, 1.807) is 30.5 Å². The van der Waals surface area contributed by atoms with Crippen LogP contribution in [0.2, 0.25) is 5.02 Å². The minimum atomic E-state index is -0.328. The minimum absolute atomic E-state index is 0.0131. The number of hydrazone groups is 1. The van der Waals surface area contributed by atoms with Crippen molar-refractivity contribution >= 4 is 35.0 Å². The second-order valence-electron chi connectivity index (χ2n) is 7.95. The van der Waals surface area contributed by atoms with E-state index in [4.69, 9.17) is 16.3 Å². The molecule has 0 saturated heterocycles. The zero-order chi connectivity index (χ0) is 21.7. The van der Waals surface area contributed by atoms with Crippen molar-refractivity contribution in [3.05, 3.63) is 64.7 Å². The highest BCUT2D eigenvalue weighted by atomic mass is 35.5. The number of hydrogen-bond donors (Lipinski definition) is 1. The fourth-order valence-electron chi connectivity index (χ4n) is 3.70. The van der Waals surface area contributed by atoms with Crippen LogP contribution in [0, 0.1) is 0 Å². The summed E-state index contributed by atoms with van der Waals surface area (Å²) in [6, 6.07) is 13.1. The van der Waals surface area contributed by atoms with E-state index < -0.39 is 0 Å². The number of carbonyl (C=O) groups is 1. The molecule has 158 valence electrons. The molecule has 0 spiro atoms. The molecule has 1 amide bonds. The Kier molecular flexibility index (Phi) is 6.83. The second-order valence-corrected chi connectivity index (χ2v) is 8.38. The highest BCUT2D eigenvalue weighted by Gasteiger charge is 2.30. The van der Waals surface area contributed by atoms with E-state index in [1.807, 2.05) is 6.07 Å². The van der Waals surface area contributed by atoms with Gasteiger partial charge in [0, 0.05) is 22.8 Å². The van der Waals surface area contributed by atoms with Gasteiger partial charge < -0.3 is 9.64 Å². The van der Waals surface area contributed by atoms with Gasteiger partial charge in [0.05, 0.1) is 11.8 Å². The summed E-state index contributed by atoms with van der Waals surface area (Å²) in [6.07, 6.45) is 5.04. The first kappa shape index (κ1) is 21.9. The van der Waals surface area contributed by atoms with E-state index >= 15 is 0 Å². The molecule has 0 radical (unpaired) electrons. The topological polar surface area (TPSA) is 53.9 Å². The first-order valence-electron chi connectivity index (χ1n) is 10.1. The molecule has 2 aromatic rings. The molecule has 1 N–H and O–H groups in total. The van der Waals surface area contributed by atoms with Gasteiger partial charge in [-0.25, -0.2) is 5.43 Å². The van der Waals surface area contributed by atoms with Crippen LogP contribution in [0.4, 0.5) is 5.69 Å². The predicted octanol–water partition coefficient (Wildman–Crippen LogP) is 5.28. The van der Waals surface area contributed by atoms with Gasteiger partial charge in [0.2, 0.25) is 0 Å². The van der Waals surface area contributed by atoms with E-state index in [9.17, 15) is 4.79 Å². The Balaban J connectivity index is 1.63. The number of benzene rings is 2. The monoisotopic (exact) mass is 425 g/mol. The van der Waals surface area contributed by atoms with Crippen molar-refractivity contribution < 1.29 is 9.53 Å². The van der Waals surface area contributed by atoms with Gasteiger partial charge in [0.15, 0.2) is 6.61 Å². The number of fused-ring (bicyclic) bond motifs is 1. The van der Waals surface area contributed by atoms with Gasteiger partial charge in [-0.2, -0.15) is 5.10 Å². The van der Waals surface area contributed by atoms with Crippen molar-refractivity contribution in [1.82, 2.24) is 5.43 Å². The molecule has 1 aliphatic rings. The number of halogens is 1. The molecule has 2 aromatic carbocycles. The quantitative estimate of drug-likeness (QED) is 0.485. The zero-order valence-electron chi connectivity index (χ0n) is 17.9. The van der Waals surface area contributed by atoms with Gasteiger partial charge in [-0.1, -0.05) is 30.7 Å². The van der Waals surface area contributed by atoms with Crippen LogP contribution in [0.15, 0.2) is 53.6 Å². The number of ether oxygens (including phenoxy) is 1. The van der Waals surface area contributed by atoms with Crippen LogP contribution in [0.5, 0.6) is 5.75 Å². The summed E-state index contributed by atoms with van der Waals surface area (Å²) in [5.41, 5.74) is 7.10. The Labute approximate surface area is 183 Å². The van der Waals surface area contributed by atoms with Gasteiger partial charge >= 0.3 is 0 Å². The van der Waals surface area contributed by atoms with Crippen LogP contribution >= 0.6 is 11.6 Å². The molecular formula is C24H28ClN3O2. The van der Waals surface area contributed by atoms with Gasteiger partial charge in [0.25, 0.3) is 5.91 Å². The Hall–Kier alpha value is -2.79. The van der Waals surface area contributed by atoms with E-state index in [2.05, 4.69) is 61.3 Å². The van der Waals surface area contributed by atoms with Crippen molar-refractivity contribution in [2.24, 2.45) is 5.10 Å². The summed E-state index contributed by atoms with van der Waals surface area (Å²) in [5.74, 6) is 0.251. The van der Waals surface area contributed by atoms with Crippen LogP contribution in [0.3, 0.4) is 0 Å². The van der Waals surface area contributed by atoms with Gasteiger partial charge in [0.1, 0.15) is 5.75 Å². The summed E-state index contributed by atoms with van der Waals surface area (Å²) in [5, 5.41) is 4.69. The van der Waals surface area contributed by atoms with Crippen LogP contribution in [0.1, 0.15) is 45.2 Å². The first-order valence-corrected chi connectivity index (χ1v) is 10.5. The lowest BCUT2D eigenvalue weighted by atomic mass is 9.88. The summed E-state index contributed by atoms with van der Waals surface area (Å²) in [4.78, 5) is 14.4. The summed E-state index contributed by atoms with van der Waals surface area (Å²) >= 11 is 5.83. The second kappa shape index (κ2) is 9.35. The standard InChI is InChI=1S/C24H28ClN3O2/c1-5-12-28-22-11-6-18(13-21(22)17(2)14-24(28,3)4)15-26-27-23(29)16-30-20-9-7-19(25)8-10-20/h6-11,13-15H,5,12,16H2,1-4H3,(H,27,29)/b26-15-. The molecule has 0 atom stereocenters. The van der Waals surface area contributed by atoms with Crippen LogP contribution < -0.4 is 15.1 Å². The average molecular weight is 426 g/mol. The molecule has 1 heterocycles. The van der Waals surface area contributed by atoms with E-state index in [0.29, 0.717) is 10.8 Å². The Morgan fingerprint density at radius 1 is 1.23 bits per heavy atom. The molecule has 1 aliphatic heterocycles. The predicted molar refractivity (Wildman–Crippen MR) is 124 cm³/mol. The summed E-state index contributed by atoms with van der Waals surface area (Å²) < 4.78 is 5.41. The van der Waals surface area contributed by atoms with Crippen LogP contribution in [-0.2, 0) is 4.79 Å². The van der Waals surface area contributed by atoms with Gasteiger partial charge in [-0.3, -0.25) is 4.79 Å². The fraction of sp³-hybridized carbons (Fsp3) is 0.333. The summed E-state index contributed by atoms with van der Waals surface area (Å²) in [6.45, 7) is 9.70. The SMILES string of the molecule is CCCN1c2ccc(/C=N\NC(=O)COc3ccc(Cl)cc3)cc2C(C)=CC1(C)C. The van der Waals surface area contributed by atoms with Crippen LogP contribution in [0.25, 0.3) is 5.57 Å². The smallest absolute Gasteiger partial charge is 0.277 e. The number of nitrogens with one attached hydrogen (secondary N) is 1. The molecule has 0 bridgehead atoms. The lowest BCUT2D eigenvalue weighted by Gasteiger charge is -2.43. The Morgan fingerprint density at radius 2 is 1.97 bits per heavy atom. The molecule has 0 unspecified atom stereocenters. The lowest BCUT2D eigenvalue weighted by molar-refractivity contribution is -0.123. The number of carbonyl (C=O) groups excluding carboxylic acids is 1. The van der Waals surface area contributed by atoms with Crippen molar-refractivity contribution in [3.8, 4) is 5.75 Å². The van der Waals surface area contributed by atoms with Crippen molar-refractivity contribution in [3.63, 3.8) is 0 Å². The third-order valence-electron chi connectivity index (χ3n) is 5.04. The molecule has 3 rings (SSSR count). The summed E-state index contributed by atoms with van der Waals surface area (Å²) in [7, 11) is 0. The number of rotatable bonds is 7. The van der Waals surface area contributed by atoms with Crippen LogP contribution in [-0.4, -0.2) is 30.8 Å². The maximum absolute atomic E-state index is 12.0. The third-order valence-corrected chi connectivity index (χ3v) is 5.29. The number of allylic oxidation sites excluding steroid dienone is 1. The average Bonchev–Trinajstić information content (AvgIpc) is 2.70. The number of nitrogens with zero attached hydrogens (tertiary/aromatic N) is 2. The molecule has 30 heavy (non-hydrogen) atoms. The third kappa shape index (κ3) is 5.22. The van der Waals surface area contributed by atoms with Gasteiger partial charge in [-0.15, -0.1) is 0 Å². The van der Waals surface area contributed by atoms with Crippen molar-refractivity contribution in [2.45, 2.75) is 39.7 Å². The van der Waals surface area contributed by atoms with Crippen molar-refractivity contribution in [2.75, 3.05) is 18.1 Å². The normalized spacial score (nSPS) is 15.0. The highest BCUT2D eigenvalue weighted by Crippen LogP contribution is 2.39. The maximum atomic E-state index is 12.0. The van der Waals surface area contributed by atoms with E-state index in [-0.39, 0.29) is 18.1 Å². The lowest BCUT2D eigenvalue weighted by Crippen LogP contribution is -2.45. The van der Waals surface area contributed by atoms with Gasteiger partial charge in [-0.05, 0) is 74.7 Å². The fourth-order valence-corrected chi connectivity index (χ4v) is 3.83. The Bertz CT molecular complexity index is 965. The number of anilines is 1. The molecule has 6 heteroatoms. The van der Waals surface area contributed by atoms with E-state index in [1.165, 1.54) is 16.8 Å². The number of hydrogen-bond acceptors (Lipinski definition) is 4. The molecular weight excluding hydrogens is 398 g/mol. The molecule has 0 saturated carbocycles. The first-order chi connectivity index (χ1) is 14.3. The molecule has 0 aliphatic carbocycles. The maximum Gasteiger partial charge on any atom is 0.277 e. The Morgan fingerprint density at radius 3 is 2.67 bits per heavy atom. The molecule has 0 aromatic heterocycles.